The zero-order valence-corrected chi connectivity index (χ0v) is 23.1. The van der Waals surface area contributed by atoms with Crippen LogP contribution in [0.2, 0.25) is 0 Å². The van der Waals surface area contributed by atoms with Gasteiger partial charge in [-0.25, -0.2) is 18.1 Å². The summed E-state index contributed by atoms with van der Waals surface area (Å²) in [6.45, 7) is 8.84. The van der Waals surface area contributed by atoms with Crippen LogP contribution in [0.4, 0.5) is 5.95 Å². The maximum Gasteiger partial charge on any atom is 0.264 e. The van der Waals surface area contributed by atoms with Crippen molar-refractivity contribution in [3.05, 3.63) is 65.2 Å². The minimum absolute atomic E-state index is 0.0149. The van der Waals surface area contributed by atoms with Gasteiger partial charge in [-0.05, 0) is 79.7 Å². The fourth-order valence-electron chi connectivity index (χ4n) is 6.07. The van der Waals surface area contributed by atoms with Crippen LogP contribution in [0.3, 0.4) is 0 Å². The molecule has 1 aliphatic heterocycles. The second kappa shape index (κ2) is 10.4. The Balaban J connectivity index is 1.64. The molecule has 2 aliphatic rings. The molecule has 5 rings (SSSR count). The van der Waals surface area contributed by atoms with E-state index in [1.165, 1.54) is 0 Å². The Hall–Kier alpha value is -3.44. The third-order valence-electron chi connectivity index (χ3n) is 7.81. The lowest BCUT2D eigenvalue weighted by molar-refractivity contribution is 0.113. The van der Waals surface area contributed by atoms with Gasteiger partial charge in [-0.2, -0.15) is 10.2 Å². The van der Waals surface area contributed by atoms with Gasteiger partial charge in [0.15, 0.2) is 0 Å². The van der Waals surface area contributed by atoms with Crippen molar-refractivity contribution in [2.24, 2.45) is 23.7 Å². The largest absolute Gasteiger partial charge is 0.477 e. The van der Waals surface area contributed by atoms with Crippen LogP contribution < -0.4 is 9.46 Å². The van der Waals surface area contributed by atoms with E-state index in [4.69, 9.17) is 4.74 Å². The third kappa shape index (κ3) is 5.25. The molecule has 1 unspecified atom stereocenters. The number of aromatic nitrogens is 2. The van der Waals surface area contributed by atoms with E-state index in [1.54, 1.807) is 24.3 Å². The van der Waals surface area contributed by atoms with E-state index in [2.05, 4.69) is 34.6 Å². The Bertz CT molecular complexity index is 1470. The first kappa shape index (κ1) is 26.2. The van der Waals surface area contributed by atoms with Gasteiger partial charge in [0, 0.05) is 23.5 Å². The van der Waals surface area contributed by atoms with Gasteiger partial charge in [0.05, 0.1) is 23.3 Å². The molecule has 198 valence electrons. The molecule has 1 aromatic heterocycles. The number of hydrogen-bond acceptors (Lipinski definition) is 6. The monoisotopic (exact) mass is 530 g/mol. The van der Waals surface area contributed by atoms with Crippen LogP contribution in [-0.4, -0.2) is 25.0 Å². The fourth-order valence-corrected chi connectivity index (χ4v) is 7.06. The normalized spacial score (nSPS) is 24.1. The number of nitrogens with zero attached hydrogens (tertiary/aromatic N) is 3. The first-order valence-electron chi connectivity index (χ1n) is 13.3. The Morgan fingerprint density at radius 3 is 2.47 bits per heavy atom. The predicted octanol–water partition coefficient (Wildman–Crippen LogP) is 6.25. The van der Waals surface area contributed by atoms with Crippen LogP contribution >= 0.6 is 0 Å². The van der Waals surface area contributed by atoms with E-state index in [0.29, 0.717) is 30.0 Å². The maximum absolute atomic E-state index is 13.5. The van der Waals surface area contributed by atoms with Gasteiger partial charge in [-0.3, -0.25) is 0 Å². The molecule has 1 saturated carbocycles. The highest BCUT2D eigenvalue weighted by atomic mass is 32.2. The zero-order valence-electron chi connectivity index (χ0n) is 22.3. The number of ether oxygens (including phenoxy) is 1. The van der Waals surface area contributed by atoms with Gasteiger partial charge in [0.2, 0.25) is 11.8 Å². The number of nitrogens with one attached hydrogen (secondary N) is 1. The van der Waals surface area contributed by atoms with Crippen LogP contribution in [0, 0.1) is 48.9 Å². The molecule has 1 N–H and O–H groups in total. The van der Waals surface area contributed by atoms with E-state index < -0.39 is 10.0 Å². The summed E-state index contributed by atoms with van der Waals surface area (Å²) in [5.41, 5.74) is 4.59. The summed E-state index contributed by atoms with van der Waals surface area (Å²) in [6, 6.07) is 17.4. The van der Waals surface area contributed by atoms with Gasteiger partial charge in [-0.1, -0.05) is 44.2 Å². The molecule has 38 heavy (non-hydrogen) atoms. The first-order valence-corrected chi connectivity index (χ1v) is 14.7. The smallest absolute Gasteiger partial charge is 0.264 e. The van der Waals surface area contributed by atoms with Crippen molar-refractivity contribution in [2.45, 2.75) is 57.8 Å². The van der Waals surface area contributed by atoms with Crippen LogP contribution in [0.25, 0.3) is 11.3 Å². The molecule has 8 heteroatoms. The lowest BCUT2D eigenvalue weighted by Crippen LogP contribution is -2.35. The summed E-state index contributed by atoms with van der Waals surface area (Å²) in [6.07, 6.45) is 2.55. The van der Waals surface area contributed by atoms with Crippen molar-refractivity contribution in [3.8, 4) is 23.2 Å². The van der Waals surface area contributed by atoms with Gasteiger partial charge < -0.3 is 4.74 Å². The van der Waals surface area contributed by atoms with Crippen molar-refractivity contribution < 1.29 is 13.2 Å². The standard InChI is InChI=1S/C30H34N4O3S/c1-18(2)11-24-17-37-27-15-26(28-19(3)7-5-8-20(28)4)32-30(33-27)34-38(35,36)25-10-6-9-22(14-25)29(24)23-12-21(13-23)16-31/h5-10,14-15,18,21,23-24,29H,11-13,17H2,1-4H3,(H,32,33,34)/t21?,23?,24-,29?/m1/s1. The summed E-state index contributed by atoms with van der Waals surface area (Å²) >= 11 is 0. The van der Waals surface area contributed by atoms with Crippen LogP contribution in [0.1, 0.15) is 55.7 Å². The molecule has 2 aromatic carbocycles. The summed E-state index contributed by atoms with van der Waals surface area (Å²) in [5.74, 6) is 1.31. The second-order valence-corrected chi connectivity index (χ2v) is 12.8. The number of rotatable bonds is 4. The van der Waals surface area contributed by atoms with E-state index in [-0.39, 0.29) is 28.6 Å². The number of hydrogen-bond donors (Lipinski definition) is 1. The summed E-state index contributed by atoms with van der Waals surface area (Å²) in [7, 11) is -3.94. The van der Waals surface area contributed by atoms with Crippen molar-refractivity contribution in [1.82, 2.24) is 9.97 Å². The van der Waals surface area contributed by atoms with Crippen molar-refractivity contribution >= 4 is 16.0 Å². The Morgan fingerprint density at radius 1 is 1.08 bits per heavy atom. The minimum atomic E-state index is -3.94. The third-order valence-corrected chi connectivity index (χ3v) is 9.14. The Kier molecular flexibility index (Phi) is 7.15. The van der Waals surface area contributed by atoms with Crippen molar-refractivity contribution in [2.75, 3.05) is 11.3 Å². The van der Waals surface area contributed by atoms with Crippen molar-refractivity contribution in [3.63, 3.8) is 0 Å². The maximum atomic E-state index is 13.5. The van der Waals surface area contributed by atoms with Gasteiger partial charge in [0.25, 0.3) is 10.0 Å². The Morgan fingerprint density at radius 2 is 1.79 bits per heavy atom. The van der Waals surface area contributed by atoms with Gasteiger partial charge in [0.1, 0.15) is 0 Å². The summed E-state index contributed by atoms with van der Waals surface area (Å²) < 4.78 is 36.0. The molecule has 2 heterocycles. The topological polar surface area (TPSA) is 105 Å². The first-order chi connectivity index (χ1) is 18.1. The quantitative estimate of drug-likeness (QED) is 0.427. The summed E-state index contributed by atoms with van der Waals surface area (Å²) in [5, 5.41) is 9.43. The van der Waals surface area contributed by atoms with Crippen LogP contribution in [0.5, 0.6) is 5.88 Å². The molecule has 7 nitrogen and oxygen atoms in total. The highest BCUT2D eigenvalue weighted by molar-refractivity contribution is 7.92. The second-order valence-electron chi connectivity index (χ2n) is 11.1. The lowest BCUT2D eigenvalue weighted by atomic mass is 9.62. The van der Waals surface area contributed by atoms with E-state index in [0.717, 1.165) is 41.5 Å². The highest BCUT2D eigenvalue weighted by Gasteiger charge is 2.40. The van der Waals surface area contributed by atoms with E-state index in [9.17, 15) is 13.7 Å². The molecule has 1 fully saturated rings. The lowest BCUT2D eigenvalue weighted by Gasteiger charge is -2.42. The predicted molar refractivity (Wildman–Crippen MR) is 147 cm³/mol. The van der Waals surface area contributed by atoms with Gasteiger partial charge in [-0.15, -0.1) is 0 Å². The van der Waals surface area contributed by atoms with Crippen LogP contribution in [-0.2, 0) is 10.0 Å². The number of benzene rings is 2. The molecular formula is C30H34N4O3S. The number of nitriles is 1. The molecule has 0 amide bonds. The summed E-state index contributed by atoms with van der Waals surface area (Å²) in [4.78, 5) is 9.24. The molecule has 0 radical (unpaired) electrons. The molecule has 4 bridgehead atoms. The SMILES string of the molecule is Cc1cccc(C)c1-c1cc2nc(n1)NS(=O)(=O)c1cccc(c1)C(C1CC(C#N)C1)[C@H](CC(C)C)CO2. The number of sulfonamides is 1. The molecule has 3 aromatic rings. The molecule has 0 saturated heterocycles. The number of fused-ring (bicyclic) bond motifs is 4. The van der Waals surface area contributed by atoms with E-state index in [1.807, 2.05) is 38.1 Å². The molecular weight excluding hydrogens is 496 g/mol. The average molecular weight is 531 g/mol. The number of anilines is 1. The fraction of sp³-hybridized carbons (Fsp3) is 0.433. The number of aryl methyl sites for hydroxylation is 2. The minimum Gasteiger partial charge on any atom is -0.477 e. The molecule has 2 atom stereocenters. The van der Waals surface area contributed by atoms with Crippen molar-refractivity contribution in [1.29, 1.82) is 5.26 Å². The van der Waals surface area contributed by atoms with E-state index >= 15 is 0 Å². The van der Waals surface area contributed by atoms with Crippen LogP contribution in [0.15, 0.2) is 53.4 Å². The van der Waals surface area contributed by atoms with Gasteiger partial charge >= 0.3 is 0 Å². The average Bonchev–Trinajstić information content (AvgIpc) is 2.83. The molecule has 0 spiro atoms. The highest BCUT2D eigenvalue weighted by Crippen LogP contribution is 2.48. The zero-order chi connectivity index (χ0) is 27.0. The molecule has 1 aliphatic carbocycles. The Labute approximate surface area is 225 Å².